The van der Waals surface area contributed by atoms with Crippen LogP contribution in [-0.2, 0) is 19.1 Å². The molecule has 31 heavy (non-hydrogen) atoms. The predicted molar refractivity (Wildman–Crippen MR) is 113 cm³/mol. The zero-order chi connectivity index (χ0) is 23.9. The summed E-state index contributed by atoms with van der Waals surface area (Å²) >= 11 is 0. The number of likely N-dealkylation sites (tertiary alicyclic amines) is 1. The van der Waals surface area contributed by atoms with Gasteiger partial charge in [0.15, 0.2) is 6.04 Å². The zero-order valence-corrected chi connectivity index (χ0v) is 19.3. The van der Waals surface area contributed by atoms with Gasteiger partial charge in [-0.2, -0.15) is 0 Å². The number of rotatable bonds is 8. The van der Waals surface area contributed by atoms with Crippen molar-refractivity contribution in [2.24, 2.45) is 11.8 Å². The van der Waals surface area contributed by atoms with Gasteiger partial charge in [0.25, 0.3) is 0 Å². The van der Waals surface area contributed by atoms with Crippen LogP contribution in [0.15, 0.2) is 0 Å². The Labute approximate surface area is 183 Å². The highest BCUT2D eigenvalue weighted by molar-refractivity contribution is 5.87. The lowest BCUT2D eigenvalue weighted by Crippen LogP contribution is -2.54. The van der Waals surface area contributed by atoms with E-state index in [-0.39, 0.29) is 11.8 Å². The molecule has 3 atom stereocenters. The number of carbonyl (C=O) groups excluding carboxylic acids is 3. The van der Waals surface area contributed by atoms with Crippen LogP contribution in [0.4, 0.5) is 4.79 Å². The fourth-order valence-electron chi connectivity index (χ4n) is 3.38. The second kappa shape index (κ2) is 11.3. The third kappa shape index (κ3) is 9.12. The maximum absolute atomic E-state index is 13.0. The molecule has 178 valence electrons. The van der Waals surface area contributed by atoms with Crippen LogP contribution in [0.2, 0.25) is 0 Å². The van der Waals surface area contributed by atoms with Gasteiger partial charge in [0.1, 0.15) is 11.6 Å². The molecule has 1 aliphatic rings. The molecule has 1 rings (SSSR count). The minimum Gasteiger partial charge on any atom is -0.480 e. The van der Waals surface area contributed by atoms with Gasteiger partial charge in [-0.3, -0.25) is 9.59 Å². The number of aliphatic carboxylic acids is 1. The monoisotopic (exact) mass is 443 g/mol. The van der Waals surface area contributed by atoms with Gasteiger partial charge >= 0.3 is 12.1 Å². The summed E-state index contributed by atoms with van der Waals surface area (Å²) < 4.78 is 5.27. The maximum atomic E-state index is 13.0. The molecule has 0 aliphatic carbocycles. The average Bonchev–Trinajstić information content (AvgIpc) is 2.62. The van der Waals surface area contributed by atoms with Crippen molar-refractivity contribution in [2.45, 2.75) is 84.6 Å². The summed E-state index contributed by atoms with van der Waals surface area (Å²) in [6, 6.07) is -2.10. The SMILES string of the molecule is CC(C)C[C@H](NC(=O)OC(C)(C)C)C(=O)N1CCC(C(=O)N[C@H](C(=O)O)C(C)O)CC1. The average molecular weight is 444 g/mol. The van der Waals surface area contributed by atoms with Crippen LogP contribution in [-0.4, -0.2) is 75.9 Å². The van der Waals surface area contributed by atoms with E-state index < -0.39 is 47.7 Å². The number of aliphatic hydroxyl groups is 1. The number of piperidine rings is 1. The summed E-state index contributed by atoms with van der Waals surface area (Å²) in [5.74, 6) is -2.27. The number of alkyl carbamates (subject to hydrolysis) is 1. The first-order chi connectivity index (χ1) is 14.2. The molecule has 0 aromatic carbocycles. The van der Waals surface area contributed by atoms with E-state index in [0.29, 0.717) is 32.4 Å². The Morgan fingerprint density at radius 2 is 1.61 bits per heavy atom. The lowest BCUT2D eigenvalue weighted by Gasteiger charge is -2.35. The highest BCUT2D eigenvalue weighted by Crippen LogP contribution is 2.20. The first-order valence-electron chi connectivity index (χ1n) is 10.7. The van der Waals surface area contributed by atoms with Crippen LogP contribution >= 0.6 is 0 Å². The molecule has 0 bridgehead atoms. The van der Waals surface area contributed by atoms with Crippen LogP contribution in [0, 0.1) is 11.8 Å². The Balaban J connectivity index is 2.70. The molecule has 0 aromatic heterocycles. The van der Waals surface area contributed by atoms with Crippen LogP contribution in [0.5, 0.6) is 0 Å². The Bertz CT molecular complexity index is 650. The summed E-state index contributed by atoms with van der Waals surface area (Å²) in [4.78, 5) is 50.3. The second-order valence-corrected chi connectivity index (χ2v) is 9.49. The number of hydrogen-bond donors (Lipinski definition) is 4. The van der Waals surface area contributed by atoms with Gasteiger partial charge in [-0.15, -0.1) is 0 Å². The number of nitrogens with zero attached hydrogens (tertiary/aromatic N) is 1. The van der Waals surface area contributed by atoms with Crippen LogP contribution < -0.4 is 10.6 Å². The molecular weight excluding hydrogens is 406 g/mol. The highest BCUT2D eigenvalue weighted by Gasteiger charge is 2.34. The van der Waals surface area contributed by atoms with Crippen LogP contribution in [0.25, 0.3) is 0 Å². The number of carboxylic acid groups (broad SMARTS) is 1. The second-order valence-electron chi connectivity index (χ2n) is 9.49. The Morgan fingerprint density at radius 1 is 1.06 bits per heavy atom. The van der Waals surface area contributed by atoms with E-state index in [1.54, 1.807) is 25.7 Å². The Hall–Kier alpha value is -2.36. The third-order valence-electron chi connectivity index (χ3n) is 4.92. The van der Waals surface area contributed by atoms with Gasteiger partial charge in [0.2, 0.25) is 11.8 Å². The number of hydrogen-bond acceptors (Lipinski definition) is 6. The van der Waals surface area contributed by atoms with Crippen LogP contribution in [0.1, 0.15) is 60.8 Å². The molecule has 1 heterocycles. The molecule has 1 unspecified atom stereocenters. The number of carboxylic acids is 1. The molecule has 3 amide bonds. The number of carbonyl (C=O) groups is 4. The predicted octanol–water partition coefficient (Wildman–Crippen LogP) is 1.11. The quantitative estimate of drug-likeness (QED) is 0.440. The minimum absolute atomic E-state index is 0.167. The fraction of sp³-hybridized carbons (Fsp3) is 0.810. The smallest absolute Gasteiger partial charge is 0.408 e. The third-order valence-corrected chi connectivity index (χ3v) is 4.92. The zero-order valence-electron chi connectivity index (χ0n) is 19.3. The lowest BCUT2D eigenvalue weighted by molar-refractivity contribution is -0.146. The van der Waals surface area contributed by atoms with Crippen molar-refractivity contribution in [3.8, 4) is 0 Å². The van der Waals surface area contributed by atoms with Crippen molar-refractivity contribution in [1.82, 2.24) is 15.5 Å². The molecule has 0 radical (unpaired) electrons. The standard InChI is InChI=1S/C21H37N3O7/c1-12(2)11-15(22-20(30)31-21(4,5)6)18(27)24-9-7-14(8-10-24)17(26)23-16(13(3)25)19(28)29/h12-16,25H,7-11H2,1-6H3,(H,22,30)(H,23,26)(H,28,29)/t13?,15-,16-/m0/s1. The van der Waals surface area contributed by atoms with E-state index in [4.69, 9.17) is 9.84 Å². The molecule has 0 saturated carbocycles. The van der Waals surface area contributed by atoms with Gasteiger partial charge in [0.05, 0.1) is 6.10 Å². The molecule has 10 heteroatoms. The Kier molecular flexibility index (Phi) is 9.73. The van der Waals surface area contributed by atoms with E-state index in [9.17, 15) is 24.3 Å². The molecule has 4 N–H and O–H groups in total. The van der Waals surface area contributed by atoms with Gasteiger partial charge in [-0.05, 0) is 52.9 Å². The summed E-state index contributed by atoms with van der Waals surface area (Å²) in [6.45, 7) is 11.1. The van der Waals surface area contributed by atoms with E-state index >= 15 is 0 Å². The molecule has 0 spiro atoms. The molecule has 10 nitrogen and oxygen atoms in total. The normalized spacial score (nSPS) is 18.1. The first-order valence-corrected chi connectivity index (χ1v) is 10.7. The van der Waals surface area contributed by atoms with Gasteiger partial charge in [-0.1, -0.05) is 13.8 Å². The Morgan fingerprint density at radius 3 is 2.03 bits per heavy atom. The largest absolute Gasteiger partial charge is 0.480 e. The van der Waals surface area contributed by atoms with Crippen molar-refractivity contribution in [3.63, 3.8) is 0 Å². The van der Waals surface area contributed by atoms with Gasteiger partial charge in [0, 0.05) is 19.0 Å². The minimum atomic E-state index is -1.37. The maximum Gasteiger partial charge on any atom is 0.408 e. The molecule has 1 fully saturated rings. The van der Waals surface area contributed by atoms with E-state index in [2.05, 4.69) is 10.6 Å². The number of ether oxygens (including phenoxy) is 1. The van der Waals surface area contributed by atoms with Crippen LogP contribution in [0.3, 0.4) is 0 Å². The van der Waals surface area contributed by atoms with Crippen molar-refractivity contribution in [3.05, 3.63) is 0 Å². The molecule has 0 aromatic rings. The first kappa shape index (κ1) is 26.7. The summed E-state index contributed by atoms with van der Waals surface area (Å²) in [5, 5.41) is 23.7. The van der Waals surface area contributed by atoms with Gasteiger partial charge < -0.3 is 30.5 Å². The lowest BCUT2D eigenvalue weighted by atomic mass is 9.94. The molecule has 1 saturated heterocycles. The van der Waals surface area contributed by atoms with Crippen molar-refractivity contribution < 1.29 is 34.1 Å². The van der Waals surface area contributed by atoms with E-state index in [1.807, 2.05) is 13.8 Å². The number of nitrogens with one attached hydrogen (secondary N) is 2. The summed E-state index contributed by atoms with van der Waals surface area (Å²) in [6.07, 6.45) is -0.695. The molecular formula is C21H37N3O7. The summed E-state index contributed by atoms with van der Waals surface area (Å²) in [7, 11) is 0. The van der Waals surface area contributed by atoms with E-state index in [0.717, 1.165) is 0 Å². The van der Waals surface area contributed by atoms with E-state index in [1.165, 1.54) is 6.92 Å². The summed E-state index contributed by atoms with van der Waals surface area (Å²) in [5.41, 5.74) is -0.679. The van der Waals surface area contributed by atoms with Gasteiger partial charge in [-0.25, -0.2) is 9.59 Å². The fourth-order valence-corrected chi connectivity index (χ4v) is 3.38. The molecule has 1 aliphatic heterocycles. The highest BCUT2D eigenvalue weighted by atomic mass is 16.6. The van der Waals surface area contributed by atoms with Crippen molar-refractivity contribution >= 4 is 23.9 Å². The topological polar surface area (TPSA) is 145 Å². The van der Waals surface area contributed by atoms with Crippen molar-refractivity contribution in [1.29, 1.82) is 0 Å². The number of amides is 3. The number of aliphatic hydroxyl groups excluding tert-OH is 1. The van der Waals surface area contributed by atoms with Crippen molar-refractivity contribution in [2.75, 3.05) is 13.1 Å².